The van der Waals surface area contributed by atoms with Crippen molar-refractivity contribution in [2.24, 2.45) is 5.92 Å². The predicted molar refractivity (Wildman–Crippen MR) is 76.2 cm³/mol. The summed E-state index contributed by atoms with van der Waals surface area (Å²) < 4.78 is 5.40. The lowest BCUT2D eigenvalue weighted by atomic mass is 10.1. The number of nitrogens with zero attached hydrogens (tertiary/aromatic N) is 3. The second kappa shape index (κ2) is 5.71. The number of hydrogen-bond donors (Lipinski definition) is 1. The maximum absolute atomic E-state index is 5.40. The van der Waals surface area contributed by atoms with Gasteiger partial charge in [0.1, 0.15) is 0 Å². The lowest BCUT2D eigenvalue weighted by Gasteiger charge is -2.14. The van der Waals surface area contributed by atoms with E-state index in [-0.39, 0.29) is 0 Å². The van der Waals surface area contributed by atoms with Gasteiger partial charge in [0.15, 0.2) is 0 Å². The highest BCUT2D eigenvalue weighted by molar-refractivity contribution is 5.57. The first kappa shape index (κ1) is 13.2. The molecule has 0 radical (unpaired) electrons. The molecule has 5 nitrogen and oxygen atoms in total. The fraction of sp³-hybridized carbons (Fsp3) is 0.533. The third-order valence-corrected chi connectivity index (χ3v) is 3.80. The molecule has 5 heteroatoms. The van der Waals surface area contributed by atoms with E-state index in [1.54, 1.807) is 12.4 Å². The minimum absolute atomic E-state index is 0.461. The standard InChI is InChI=1S/C15H20N4O/c1-3-17-13(11-4-5-11)8-14-18-15(19-20-14)12-9-16-7-6-10(12)2/h6-7,9,11,13,17H,3-5,8H2,1-2H3. The Bertz CT molecular complexity index is 577. The minimum atomic E-state index is 0.461. The molecular formula is C15H20N4O. The molecule has 0 bridgehead atoms. The van der Waals surface area contributed by atoms with Crippen LogP contribution in [0.1, 0.15) is 31.2 Å². The molecule has 2 heterocycles. The molecule has 20 heavy (non-hydrogen) atoms. The van der Waals surface area contributed by atoms with Crippen LogP contribution in [0.25, 0.3) is 11.4 Å². The monoisotopic (exact) mass is 272 g/mol. The smallest absolute Gasteiger partial charge is 0.228 e. The van der Waals surface area contributed by atoms with Gasteiger partial charge in [-0.1, -0.05) is 12.1 Å². The predicted octanol–water partition coefficient (Wildman–Crippen LogP) is 2.37. The van der Waals surface area contributed by atoms with Gasteiger partial charge in [0.2, 0.25) is 11.7 Å². The maximum Gasteiger partial charge on any atom is 0.228 e. The highest BCUT2D eigenvalue weighted by Crippen LogP contribution is 2.34. The summed E-state index contributed by atoms with van der Waals surface area (Å²) in [5.41, 5.74) is 2.05. The van der Waals surface area contributed by atoms with E-state index >= 15 is 0 Å². The average Bonchev–Trinajstić information content (AvgIpc) is 3.20. The van der Waals surface area contributed by atoms with Crippen LogP contribution in [0.2, 0.25) is 0 Å². The summed E-state index contributed by atoms with van der Waals surface area (Å²) in [6.45, 7) is 5.14. The van der Waals surface area contributed by atoms with E-state index in [2.05, 4.69) is 27.4 Å². The normalized spacial score (nSPS) is 16.3. The third-order valence-electron chi connectivity index (χ3n) is 3.80. The molecule has 1 saturated carbocycles. The van der Waals surface area contributed by atoms with E-state index in [4.69, 9.17) is 4.52 Å². The number of pyridine rings is 1. The zero-order valence-electron chi connectivity index (χ0n) is 12.0. The number of aryl methyl sites for hydroxylation is 1. The van der Waals surface area contributed by atoms with Gasteiger partial charge in [-0.2, -0.15) is 4.98 Å². The van der Waals surface area contributed by atoms with E-state index in [0.717, 1.165) is 30.0 Å². The minimum Gasteiger partial charge on any atom is -0.339 e. The van der Waals surface area contributed by atoms with Crippen LogP contribution in [0.5, 0.6) is 0 Å². The number of hydrogen-bond acceptors (Lipinski definition) is 5. The van der Waals surface area contributed by atoms with Gasteiger partial charge in [-0.15, -0.1) is 0 Å². The summed E-state index contributed by atoms with van der Waals surface area (Å²) >= 11 is 0. The molecule has 1 N–H and O–H groups in total. The molecule has 0 aliphatic heterocycles. The van der Waals surface area contributed by atoms with Gasteiger partial charge >= 0.3 is 0 Å². The molecular weight excluding hydrogens is 252 g/mol. The molecule has 1 atom stereocenters. The molecule has 1 unspecified atom stereocenters. The van der Waals surface area contributed by atoms with Gasteiger partial charge in [-0.3, -0.25) is 4.98 Å². The van der Waals surface area contributed by atoms with Crippen molar-refractivity contribution in [2.45, 2.75) is 39.2 Å². The zero-order chi connectivity index (χ0) is 13.9. The fourth-order valence-electron chi connectivity index (χ4n) is 2.50. The highest BCUT2D eigenvalue weighted by atomic mass is 16.5. The fourth-order valence-corrected chi connectivity index (χ4v) is 2.50. The summed E-state index contributed by atoms with van der Waals surface area (Å²) in [5, 5.41) is 7.60. The zero-order valence-corrected chi connectivity index (χ0v) is 12.0. The van der Waals surface area contributed by atoms with Crippen molar-refractivity contribution >= 4 is 0 Å². The van der Waals surface area contributed by atoms with Crippen molar-refractivity contribution in [1.82, 2.24) is 20.4 Å². The van der Waals surface area contributed by atoms with Crippen LogP contribution in [-0.4, -0.2) is 27.7 Å². The van der Waals surface area contributed by atoms with Gasteiger partial charge in [0, 0.05) is 30.4 Å². The average molecular weight is 272 g/mol. The van der Waals surface area contributed by atoms with Crippen molar-refractivity contribution in [3.8, 4) is 11.4 Å². The van der Waals surface area contributed by atoms with Crippen LogP contribution < -0.4 is 5.32 Å². The molecule has 1 aliphatic carbocycles. The summed E-state index contributed by atoms with van der Waals surface area (Å²) in [4.78, 5) is 8.64. The molecule has 0 aromatic carbocycles. The van der Waals surface area contributed by atoms with Gasteiger partial charge < -0.3 is 9.84 Å². The molecule has 106 valence electrons. The van der Waals surface area contributed by atoms with Crippen molar-refractivity contribution < 1.29 is 4.52 Å². The summed E-state index contributed by atoms with van der Waals surface area (Å²) in [5.74, 6) is 2.11. The van der Waals surface area contributed by atoms with Crippen molar-refractivity contribution in [2.75, 3.05) is 6.54 Å². The SMILES string of the molecule is CCNC(Cc1nc(-c2cnccc2C)no1)C1CC1. The quantitative estimate of drug-likeness (QED) is 0.874. The van der Waals surface area contributed by atoms with E-state index in [1.807, 2.05) is 13.0 Å². The Kier molecular flexibility index (Phi) is 3.78. The number of nitrogens with one attached hydrogen (secondary N) is 1. The Labute approximate surface area is 118 Å². The summed E-state index contributed by atoms with van der Waals surface area (Å²) in [6, 6.07) is 2.42. The summed E-state index contributed by atoms with van der Waals surface area (Å²) in [6.07, 6.45) is 6.98. The van der Waals surface area contributed by atoms with Crippen LogP contribution in [0.4, 0.5) is 0 Å². The molecule has 1 fully saturated rings. The largest absolute Gasteiger partial charge is 0.339 e. The van der Waals surface area contributed by atoms with Crippen LogP contribution in [-0.2, 0) is 6.42 Å². The van der Waals surface area contributed by atoms with E-state index < -0.39 is 0 Å². The molecule has 0 spiro atoms. The van der Waals surface area contributed by atoms with Gasteiger partial charge in [0.25, 0.3) is 0 Å². The highest BCUT2D eigenvalue weighted by Gasteiger charge is 2.32. The Morgan fingerprint density at radius 1 is 1.45 bits per heavy atom. The van der Waals surface area contributed by atoms with Crippen LogP contribution in [0.3, 0.4) is 0 Å². The second-order valence-corrected chi connectivity index (χ2v) is 5.41. The lowest BCUT2D eigenvalue weighted by molar-refractivity contribution is 0.348. The number of aromatic nitrogens is 3. The first-order valence-corrected chi connectivity index (χ1v) is 7.25. The van der Waals surface area contributed by atoms with Gasteiger partial charge in [-0.25, -0.2) is 0 Å². The van der Waals surface area contributed by atoms with E-state index in [0.29, 0.717) is 17.8 Å². The number of rotatable bonds is 6. The second-order valence-electron chi connectivity index (χ2n) is 5.41. The van der Waals surface area contributed by atoms with E-state index in [1.165, 1.54) is 12.8 Å². The van der Waals surface area contributed by atoms with Gasteiger partial charge in [0.05, 0.1) is 0 Å². The van der Waals surface area contributed by atoms with Crippen LogP contribution >= 0.6 is 0 Å². The molecule has 0 saturated heterocycles. The number of likely N-dealkylation sites (N-methyl/N-ethyl adjacent to an activating group) is 1. The molecule has 1 aliphatic rings. The lowest BCUT2D eigenvalue weighted by Crippen LogP contribution is -2.33. The first-order valence-electron chi connectivity index (χ1n) is 7.25. The van der Waals surface area contributed by atoms with Crippen molar-refractivity contribution in [1.29, 1.82) is 0 Å². The van der Waals surface area contributed by atoms with Crippen molar-refractivity contribution in [3.63, 3.8) is 0 Å². The van der Waals surface area contributed by atoms with Gasteiger partial charge in [-0.05, 0) is 43.9 Å². The summed E-state index contributed by atoms with van der Waals surface area (Å²) in [7, 11) is 0. The Hall–Kier alpha value is -1.75. The Morgan fingerprint density at radius 3 is 3.00 bits per heavy atom. The first-order chi connectivity index (χ1) is 9.78. The topological polar surface area (TPSA) is 63.8 Å². The molecule has 2 aromatic heterocycles. The third kappa shape index (κ3) is 2.88. The Morgan fingerprint density at radius 2 is 2.30 bits per heavy atom. The molecule has 0 amide bonds. The Balaban J connectivity index is 1.75. The molecule has 2 aromatic rings. The van der Waals surface area contributed by atoms with Crippen molar-refractivity contribution in [3.05, 3.63) is 29.9 Å². The van der Waals surface area contributed by atoms with E-state index in [9.17, 15) is 0 Å². The van der Waals surface area contributed by atoms with Crippen LogP contribution in [0.15, 0.2) is 23.0 Å². The molecule has 3 rings (SSSR count). The van der Waals surface area contributed by atoms with Crippen LogP contribution in [0, 0.1) is 12.8 Å². The maximum atomic E-state index is 5.40.